The first kappa shape index (κ1) is 14.0. The maximum Gasteiger partial charge on any atom is 0.173 e. The molecule has 0 amide bonds. The first-order chi connectivity index (χ1) is 10.7. The van der Waals surface area contributed by atoms with E-state index < -0.39 is 11.5 Å². The van der Waals surface area contributed by atoms with Gasteiger partial charge in [0.15, 0.2) is 5.78 Å². The molecule has 1 aliphatic heterocycles. The van der Waals surface area contributed by atoms with Crippen molar-refractivity contribution in [1.82, 2.24) is 0 Å². The van der Waals surface area contributed by atoms with Gasteiger partial charge in [0.05, 0.1) is 11.5 Å². The van der Waals surface area contributed by atoms with Crippen molar-refractivity contribution in [2.75, 3.05) is 5.75 Å². The van der Waals surface area contributed by atoms with Crippen molar-refractivity contribution in [1.29, 1.82) is 0 Å². The van der Waals surface area contributed by atoms with Crippen LogP contribution in [0.5, 0.6) is 0 Å². The van der Waals surface area contributed by atoms with Crippen LogP contribution < -0.4 is 0 Å². The summed E-state index contributed by atoms with van der Waals surface area (Å²) in [5.74, 6) is 0.758. The van der Waals surface area contributed by atoms with Crippen LogP contribution in [0.15, 0.2) is 54.6 Å². The molecular formula is C19H18O2S. The number of Topliss-reactive ketones (excluding diaryl/α,β-unsaturated/α-hetero) is 1. The lowest BCUT2D eigenvalue weighted by atomic mass is 9.64. The summed E-state index contributed by atoms with van der Waals surface area (Å²) in [6.07, 6.45) is 1.03. The number of benzene rings is 2. The van der Waals surface area contributed by atoms with Crippen molar-refractivity contribution in [3.8, 4) is 0 Å². The Hall–Kier alpha value is -1.58. The first-order valence-electron chi connectivity index (χ1n) is 7.71. The lowest BCUT2D eigenvalue weighted by Gasteiger charge is -2.39. The Morgan fingerprint density at radius 3 is 2.59 bits per heavy atom. The molecule has 2 aromatic rings. The number of fused-ring (bicyclic) bond motifs is 1. The molecule has 4 rings (SSSR count). The first-order valence-corrected chi connectivity index (χ1v) is 8.75. The molecule has 0 saturated carbocycles. The maximum atomic E-state index is 13.3. The van der Waals surface area contributed by atoms with Gasteiger partial charge in [-0.3, -0.25) is 4.79 Å². The number of aliphatic hydroxyl groups excluding tert-OH is 1. The molecule has 0 bridgehead atoms. The fraction of sp³-hybridized carbons (Fsp3) is 0.316. The van der Waals surface area contributed by atoms with Gasteiger partial charge >= 0.3 is 0 Å². The van der Waals surface area contributed by atoms with E-state index in [1.165, 1.54) is 0 Å². The molecule has 0 unspecified atom stereocenters. The Balaban J connectivity index is 1.83. The minimum atomic E-state index is -0.666. The predicted octanol–water partition coefficient (Wildman–Crippen LogP) is 3.65. The lowest BCUT2D eigenvalue weighted by molar-refractivity contribution is 0.0325. The third-order valence-corrected chi connectivity index (χ3v) is 6.61. The van der Waals surface area contributed by atoms with Gasteiger partial charge in [-0.2, -0.15) is 0 Å². The highest BCUT2D eigenvalue weighted by Gasteiger charge is 2.57. The summed E-state index contributed by atoms with van der Waals surface area (Å²) < 4.78 is 0. The summed E-state index contributed by atoms with van der Waals surface area (Å²) in [7, 11) is 0. The zero-order valence-electron chi connectivity index (χ0n) is 12.2. The Kier molecular flexibility index (Phi) is 3.35. The quantitative estimate of drug-likeness (QED) is 0.873. The van der Waals surface area contributed by atoms with Crippen LogP contribution in [0.1, 0.15) is 33.2 Å². The molecule has 0 aromatic heterocycles. The summed E-state index contributed by atoms with van der Waals surface area (Å²) in [5.41, 5.74) is 2.41. The monoisotopic (exact) mass is 310 g/mol. The Morgan fingerprint density at radius 2 is 1.77 bits per heavy atom. The Morgan fingerprint density at radius 1 is 1.05 bits per heavy atom. The van der Waals surface area contributed by atoms with Crippen LogP contribution in [0.4, 0.5) is 0 Å². The van der Waals surface area contributed by atoms with Crippen LogP contribution in [-0.4, -0.2) is 22.7 Å². The van der Waals surface area contributed by atoms with Crippen LogP contribution >= 0.6 is 11.8 Å². The maximum absolute atomic E-state index is 13.3. The van der Waals surface area contributed by atoms with E-state index in [9.17, 15) is 9.90 Å². The average Bonchev–Trinajstić information content (AvgIpc) is 2.90. The Labute approximate surface area is 134 Å². The number of ketones is 1. The van der Waals surface area contributed by atoms with Crippen LogP contribution in [0, 0.1) is 5.41 Å². The molecule has 1 heterocycles. The summed E-state index contributed by atoms with van der Waals surface area (Å²) in [5, 5.41) is 10.7. The lowest BCUT2D eigenvalue weighted by Crippen LogP contribution is -2.46. The molecule has 2 aliphatic rings. The summed E-state index contributed by atoms with van der Waals surface area (Å²) in [4.78, 5) is 13.3. The summed E-state index contributed by atoms with van der Waals surface area (Å²) >= 11 is 1.72. The van der Waals surface area contributed by atoms with Gasteiger partial charge in [0, 0.05) is 16.6 Å². The molecule has 1 N–H and O–H groups in total. The van der Waals surface area contributed by atoms with Crippen molar-refractivity contribution >= 4 is 17.5 Å². The van der Waals surface area contributed by atoms with Crippen molar-refractivity contribution < 1.29 is 9.90 Å². The topological polar surface area (TPSA) is 37.3 Å². The number of hydrogen-bond acceptors (Lipinski definition) is 3. The number of aliphatic hydroxyl groups is 1. The molecule has 3 heteroatoms. The van der Waals surface area contributed by atoms with Gasteiger partial charge in [0.1, 0.15) is 0 Å². The summed E-state index contributed by atoms with van der Waals surface area (Å²) in [6, 6.07) is 18.0. The van der Waals surface area contributed by atoms with E-state index in [0.717, 1.165) is 29.5 Å². The van der Waals surface area contributed by atoms with Crippen LogP contribution in [-0.2, 0) is 6.42 Å². The highest BCUT2D eigenvalue weighted by molar-refractivity contribution is 7.99. The SMILES string of the molecule is O=C1c2ccccc2CC[C@]12[C@@H](O)CS[C@H]2c1ccccc1. The number of thioether (sulfide) groups is 1. The van der Waals surface area contributed by atoms with Crippen LogP contribution in [0.2, 0.25) is 0 Å². The van der Waals surface area contributed by atoms with Gasteiger partial charge < -0.3 is 5.11 Å². The number of hydrogen-bond donors (Lipinski definition) is 1. The van der Waals surface area contributed by atoms with E-state index in [1.807, 2.05) is 42.5 Å². The van der Waals surface area contributed by atoms with Gasteiger partial charge in [-0.25, -0.2) is 0 Å². The summed E-state index contributed by atoms with van der Waals surface area (Å²) in [6.45, 7) is 0. The standard InChI is InChI=1S/C19H18O2S/c20-16-12-22-18(14-7-2-1-3-8-14)19(16)11-10-13-6-4-5-9-15(13)17(19)21/h1-9,16,18,20H,10-12H2/t16-,18-,19-/m0/s1. The van der Waals surface area contributed by atoms with Gasteiger partial charge in [0.25, 0.3) is 0 Å². The zero-order chi connectivity index (χ0) is 15.2. The second-order valence-corrected chi connectivity index (χ2v) is 7.30. The van der Waals surface area contributed by atoms with Gasteiger partial charge in [-0.05, 0) is 24.0 Å². The smallest absolute Gasteiger partial charge is 0.173 e. The van der Waals surface area contributed by atoms with E-state index in [0.29, 0.717) is 5.75 Å². The van der Waals surface area contributed by atoms with E-state index in [4.69, 9.17) is 0 Å². The van der Waals surface area contributed by atoms with Gasteiger partial charge in [-0.1, -0.05) is 54.6 Å². The Bertz CT molecular complexity index is 712. The van der Waals surface area contributed by atoms with E-state index in [2.05, 4.69) is 12.1 Å². The van der Waals surface area contributed by atoms with Crippen molar-refractivity contribution in [2.45, 2.75) is 24.2 Å². The molecule has 22 heavy (non-hydrogen) atoms. The fourth-order valence-corrected chi connectivity index (χ4v) is 5.62. The van der Waals surface area contributed by atoms with Crippen molar-refractivity contribution in [2.24, 2.45) is 5.41 Å². The van der Waals surface area contributed by atoms with Crippen molar-refractivity contribution in [3.05, 3.63) is 71.3 Å². The third kappa shape index (κ3) is 1.89. The second-order valence-electron chi connectivity index (χ2n) is 6.17. The van der Waals surface area contributed by atoms with Crippen molar-refractivity contribution in [3.63, 3.8) is 0 Å². The molecule has 3 atom stereocenters. The molecule has 0 radical (unpaired) electrons. The second kappa shape index (κ2) is 5.25. The van der Waals surface area contributed by atoms with Gasteiger partial charge in [0.2, 0.25) is 0 Å². The molecule has 2 nitrogen and oxygen atoms in total. The molecule has 1 aliphatic carbocycles. The largest absolute Gasteiger partial charge is 0.391 e. The number of carbonyl (C=O) groups is 1. The predicted molar refractivity (Wildman–Crippen MR) is 89.2 cm³/mol. The normalized spacial score (nSPS) is 30.5. The molecule has 112 valence electrons. The van der Waals surface area contributed by atoms with E-state index in [-0.39, 0.29) is 11.0 Å². The average molecular weight is 310 g/mol. The van der Waals surface area contributed by atoms with Crippen LogP contribution in [0.3, 0.4) is 0 Å². The van der Waals surface area contributed by atoms with E-state index >= 15 is 0 Å². The highest BCUT2D eigenvalue weighted by Crippen LogP contribution is 2.58. The van der Waals surface area contributed by atoms with Gasteiger partial charge in [-0.15, -0.1) is 11.8 Å². The molecular weight excluding hydrogens is 292 g/mol. The van der Waals surface area contributed by atoms with E-state index in [1.54, 1.807) is 11.8 Å². The molecule has 2 aromatic carbocycles. The third-order valence-electron chi connectivity index (χ3n) is 5.08. The number of rotatable bonds is 1. The number of aryl methyl sites for hydroxylation is 1. The molecule has 1 spiro atoms. The molecule has 1 fully saturated rings. The minimum Gasteiger partial charge on any atom is -0.391 e. The highest BCUT2D eigenvalue weighted by atomic mass is 32.2. The fourth-order valence-electron chi connectivity index (χ4n) is 3.91. The zero-order valence-corrected chi connectivity index (χ0v) is 13.1. The number of carbonyl (C=O) groups excluding carboxylic acids is 1. The molecule has 1 saturated heterocycles. The van der Waals surface area contributed by atoms with Crippen LogP contribution in [0.25, 0.3) is 0 Å². The minimum absolute atomic E-state index is 0.0459.